The van der Waals surface area contributed by atoms with Gasteiger partial charge in [-0.3, -0.25) is 39.8 Å². The number of benzene rings is 2. The zero-order valence-corrected chi connectivity index (χ0v) is 21.4. The first kappa shape index (κ1) is 28.2. The summed E-state index contributed by atoms with van der Waals surface area (Å²) < 4.78 is 12.2. The van der Waals surface area contributed by atoms with E-state index in [9.17, 15) is 35.1 Å². The summed E-state index contributed by atoms with van der Waals surface area (Å²) in [6, 6.07) is 6.63. The van der Waals surface area contributed by atoms with E-state index in [1.54, 1.807) is 13.0 Å². The van der Waals surface area contributed by atoms with Crippen molar-refractivity contribution in [3.8, 4) is 17.2 Å². The Balaban J connectivity index is 1.81. The summed E-state index contributed by atoms with van der Waals surface area (Å²) in [5, 5.41) is 41.8. The van der Waals surface area contributed by atoms with Gasteiger partial charge < -0.3 is 9.47 Å². The summed E-state index contributed by atoms with van der Waals surface area (Å²) >= 11 is 0. The van der Waals surface area contributed by atoms with E-state index in [0.29, 0.717) is 11.3 Å². The van der Waals surface area contributed by atoms with E-state index in [0.717, 1.165) is 18.2 Å². The largest absolute Gasteiger partial charge is 0.493 e. The fraction of sp³-hybridized carbons (Fsp3) is 0.261. The number of carbonyl (C=O) groups is 1. The van der Waals surface area contributed by atoms with Gasteiger partial charge in [-0.2, -0.15) is 10.2 Å². The lowest BCUT2D eigenvalue weighted by Crippen LogP contribution is -2.29. The molecule has 0 saturated carbocycles. The van der Waals surface area contributed by atoms with E-state index in [4.69, 9.17) is 9.47 Å². The zero-order chi connectivity index (χ0) is 29.0. The highest BCUT2D eigenvalue weighted by Gasteiger charge is 2.27. The Kier molecular flexibility index (Phi) is 8.18. The topological polar surface area (TPSA) is 207 Å². The monoisotopic (exact) mass is 541 g/mol. The molecule has 2 aromatic carbocycles. The lowest BCUT2D eigenvalue weighted by Gasteiger charge is -2.13. The van der Waals surface area contributed by atoms with Crippen molar-refractivity contribution in [3.63, 3.8) is 0 Å². The lowest BCUT2D eigenvalue weighted by molar-refractivity contribution is -0.394. The van der Waals surface area contributed by atoms with Gasteiger partial charge in [0.1, 0.15) is 17.4 Å². The molecule has 0 spiro atoms. The van der Waals surface area contributed by atoms with Crippen LogP contribution in [-0.2, 0) is 4.79 Å². The summed E-state index contributed by atoms with van der Waals surface area (Å²) in [4.78, 5) is 44.2. The number of rotatable bonds is 10. The molecule has 1 aromatic heterocycles. The minimum atomic E-state index is -0.892. The first-order chi connectivity index (χ1) is 18.3. The van der Waals surface area contributed by atoms with Gasteiger partial charge in [-0.05, 0) is 52.0 Å². The molecular weight excluding hydrogens is 518 g/mol. The minimum Gasteiger partial charge on any atom is -0.493 e. The minimum absolute atomic E-state index is 0.0924. The number of nitro benzene ring substituents is 2. The number of amides is 1. The van der Waals surface area contributed by atoms with Crippen LogP contribution in [0.2, 0.25) is 0 Å². The number of hydrogen-bond donors (Lipinski definition) is 1. The maximum atomic E-state index is 12.7. The molecule has 0 aliphatic carbocycles. The zero-order valence-electron chi connectivity index (χ0n) is 21.4. The first-order valence-electron chi connectivity index (χ1n) is 11.2. The number of hydrazone groups is 1. The molecule has 16 nitrogen and oxygen atoms in total. The van der Waals surface area contributed by atoms with Gasteiger partial charge in [0.15, 0.2) is 11.5 Å². The molecule has 0 fully saturated rings. The van der Waals surface area contributed by atoms with Crippen LogP contribution in [0.15, 0.2) is 41.5 Å². The molecule has 1 amide bonds. The average molecular weight is 541 g/mol. The van der Waals surface area contributed by atoms with Gasteiger partial charge in [0.25, 0.3) is 11.6 Å². The normalized spacial score (nSPS) is 12.0. The second-order valence-electron chi connectivity index (χ2n) is 8.20. The SMILES string of the molecule is COc1cc(/C(C)=N/NC(=O)C(C)n2nc(C)c([N+](=O)[O-])c2C)ccc1Oc1ccc([N+](=O)[O-])cc1[N+](=O)[O-]. The molecular formula is C23H23N7O9. The van der Waals surface area contributed by atoms with Gasteiger partial charge in [-0.25, -0.2) is 5.43 Å². The lowest BCUT2D eigenvalue weighted by atomic mass is 10.1. The van der Waals surface area contributed by atoms with E-state index in [2.05, 4.69) is 15.6 Å². The molecule has 1 heterocycles. The Labute approximate surface area is 220 Å². The third-order valence-electron chi connectivity index (χ3n) is 5.70. The van der Waals surface area contributed by atoms with Crippen LogP contribution in [0.5, 0.6) is 17.2 Å². The highest BCUT2D eigenvalue weighted by atomic mass is 16.6. The molecule has 0 aliphatic heterocycles. The number of carbonyl (C=O) groups excluding carboxylic acids is 1. The van der Waals surface area contributed by atoms with Crippen molar-refractivity contribution in [2.24, 2.45) is 5.10 Å². The number of non-ortho nitro benzene ring substituents is 1. The van der Waals surface area contributed by atoms with Crippen LogP contribution < -0.4 is 14.9 Å². The van der Waals surface area contributed by atoms with Crippen molar-refractivity contribution in [1.82, 2.24) is 15.2 Å². The van der Waals surface area contributed by atoms with Crippen LogP contribution >= 0.6 is 0 Å². The molecule has 3 rings (SSSR count). The number of methoxy groups -OCH3 is 1. The number of nitrogens with zero attached hydrogens (tertiary/aromatic N) is 6. The summed E-state index contributed by atoms with van der Waals surface area (Å²) in [6.45, 7) is 6.11. The highest BCUT2D eigenvalue weighted by molar-refractivity contribution is 6.00. The molecule has 204 valence electrons. The second-order valence-corrected chi connectivity index (χ2v) is 8.20. The van der Waals surface area contributed by atoms with Crippen molar-refractivity contribution < 1.29 is 29.0 Å². The first-order valence-corrected chi connectivity index (χ1v) is 11.2. The van der Waals surface area contributed by atoms with E-state index in [1.165, 1.54) is 44.7 Å². The fourth-order valence-corrected chi connectivity index (χ4v) is 3.65. The number of aryl methyl sites for hydroxylation is 1. The Bertz CT molecular complexity index is 1510. The van der Waals surface area contributed by atoms with Gasteiger partial charge in [0.05, 0.1) is 33.7 Å². The Morgan fingerprint density at radius 3 is 2.23 bits per heavy atom. The number of hydrogen-bond acceptors (Lipinski definition) is 11. The van der Waals surface area contributed by atoms with E-state index < -0.39 is 38.1 Å². The number of nitrogens with one attached hydrogen (secondary N) is 1. The predicted molar refractivity (Wildman–Crippen MR) is 136 cm³/mol. The number of ether oxygens (including phenoxy) is 2. The summed E-state index contributed by atoms with van der Waals surface area (Å²) in [7, 11) is 1.35. The van der Waals surface area contributed by atoms with Gasteiger partial charge in [-0.15, -0.1) is 0 Å². The summed E-state index contributed by atoms with van der Waals surface area (Å²) in [6.07, 6.45) is 0. The number of nitro groups is 3. The van der Waals surface area contributed by atoms with Crippen LogP contribution in [0.4, 0.5) is 17.1 Å². The van der Waals surface area contributed by atoms with Gasteiger partial charge in [0, 0.05) is 11.6 Å². The second kappa shape index (κ2) is 11.3. The third-order valence-corrected chi connectivity index (χ3v) is 5.70. The maximum Gasteiger partial charge on any atom is 0.318 e. The summed E-state index contributed by atoms with van der Waals surface area (Å²) in [5.74, 6) is -0.529. The van der Waals surface area contributed by atoms with Crippen molar-refractivity contribution in [1.29, 1.82) is 0 Å². The quantitative estimate of drug-likeness (QED) is 0.220. The molecule has 1 atom stereocenters. The molecule has 0 radical (unpaired) electrons. The Morgan fingerprint density at radius 2 is 1.67 bits per heavy atom. The van der Waals surface area contributed by atoms with E-state index >= 15 is 0 Å². The van der Waals surface area contributed by atoms with Gasteiger partial charge in [0.2, 0.25) is 5.75 Å². The number of aromatic nitrogens is 2. The van der Waals surface area contributed by atoms with Gasteiger partial charge >= 0.3 is 11.4 Å². The Hall–Kier alpha value is -5.41. The van der Waals surface area contributed by atoms with Crippen molar-refractivity contribution in [2.75, 3.05) is 7.11 Å². The molecule has 16 heteroatoms. The van der Waals surface area contributed by atoms with E-state index in [-0.39, 0.29) is 34.3 Å². The molecule has 1 N–H and O–H groups in total. The van der Waals surface area contributed by atoms with Crippen molar-refractivity contribution in [3.05, 3.63) is 83.7 Å². The molecule has 39 heavy (non-hydrogen) atoms. The summed E-state index contributed by atoms with van der Waals surface area (Å²) in [5.41, 5.74) is 2.47. The molecule has 0 saturated heterocycles. The molecule has 0 bridgehead atoms. The maximum absolute atomic E-state index is 12.7. The smallest absolute Gasteiger partial charge is 0.318 e. The fourth-order valence-electron chi connectivity index (χ4n) is 3.65. The van der Waals surface area contributed by atoms with Crippen LogP contribution in [-0.4, -0.2) is 43.3 Å². The Morgan fingerprint density at radius 1 is 1.00 bits per heavy atom. The van der Waals surface area contributed by atoms with Gasteiger partial charge in [-0.1, -0.05) is 0 Å². The third kappa shape index (κ3) is 5.95. The standard InChI is InChI=1S/C23H23N7O9/c1-12(24-25-23(31)15(4)27-14(3)22(30(36)37)13(2)26-27)16-6-8-20(21(10-16)38-5)39-19-9-7-17(28(32)33)11-18(19)29(34)35/h6-11,15H,1-5H3,(H,25,31)/b24-12+. The van der Waals surface area contributed by atoms with Crippen molar-refractivity contribution in [2.45, 2.75) is 33.7 Å². The van der Waals surface area contributed by atoms with Crippen LogP contribution in [0.25, 0.3) is 0 Å². The van der Waals surface area contributed by atoms with E-state index in [1.807, 2.05) is 0 Å². The van der Waals surface area contributed by atoms with Crippen LogP contribution in [0.1, 0.15) is 36.8 Å². The predicted octanol–water partition coefficient (Wildman–Crippen LogP) is 4.13. The van der Waals surface area contributed by atoms with Crippen LogP contribution in [0, 0.1) is 44.2 Å². The molecule has 3 aromatic rings. The molecule has 1 unspecified atom stereocenters. The van der Waals surface area contributed by atoms with Crippen LogP contribution in [0.3, 0.4) is 0 Å². The highest BCUT2D eigenvalue weighted by Crippen LogP contribution is 2.38. The average Bonchev–Trinajstić information content (AvgIpc) is 3.20. The molecule has 0 aliphatic rings. The van der Waals surface area contributed by atoms with Crippen molar-refractivity contribution >= 4 is 28.7 Å².